The molecule has 1 aliphatic rings. The predicted molar refractivity (Wildman–Crippen MR) is 114 cm³/mol. The van der Waals surface area contributed by atoms with Crippen molar-refractivity contribution in [3.63, 3.8) is 0 Å². The van der Waals surface area contributed by atoms with Gasteiger partial charge in [0.2, 0.25) is 0 Å². The fourth-order valence-electron chi connectivity index (χ4n) is 3.27. The summed E-state index contributed by atoms with van der Waals surface area (Å²) in [5.41, 5.74) is 2.47. The first-order valence-corrected chi connectivity index (χ1v) is 10.1. The molecule has 0 saturated carbocycles. The van der Waals surface area contributed by atoms with Gasteiger partial charge in [-0.15, -0.1) is 0 Å². The lowest BCUT2D eigenvalue weighted by molar-refractivity contribution is 0.0948. The van der Waals surface area contributed by atoms with Gasteiger partial charge in [0.15, 0.2) is 0 Å². The number of hydrogen-bond acceptors (Lipinski definition) is 3. The maximum Gasteiger partial charge on any atom is 0.257 e. The van der Waals surface area contributed by atoms with Crippen LogP contribution in [0.25, 0.3) is 0 Å². The molecule has 2 amide bonds. The van der Waals surface area contributed by atoms with Crippen LogP contribution < -0.4 is 15.5 Å². The Balaban J connectivity index is 1.86. The molecule has 0 bridgehead atoms. The van der Waals surface area contributed by atoms with E-state index in [4.69, 9.17) is 11.6 Å². The number of nitrogens with zero attached hydrogens (tertiary/aromatic N) is 1. The third kappa shape index (κ3) is 4.84. The van der Waals surface area contributed by atoms with Gasteiger partial charge in [-0.25, -0.2) is 0 Å². The molecule has 0 radical (unpaired) electrons. The fourth-order valence-corrected chi connectivity index (χ4v) is 3.49. The zero-order chi connectivity index (χ0) is 20.1. The van der Waals surface area contributed by atoms with Crippen molar-refractivity contribution in [1.82, 2.24) is 5.32 Å². The number of amides is 2. The molecule has 1 fully saturated rings. The summed E-state index contributed by atoms with van der Waals surface area (Å²) in [7, 11) is 0. The van der Waals surface area contributed by atoms with E-state index in [1.165, 1.54) is 0 Å². The van der Waals surface area contributed by atoms with E-state index in [2.05, 4.69) is 29.4 Å². The van der Waals surface area contributed by atoms with Crippen LogP contribution in [-0.4, -0.2) is 31.4 Å². The minimum Gasteiger partial charge on any atom is -0.371 e. The summed E-state index contributed by atoms with van der Waals surface area (Å²) in [6.07, 6.45) is 2.25. The Bertz CT molecular complexity index is 861. The predicted octanol–water partition coefficient (Wildman–Crippen LogP) is 4.58. The van der Waals surface area contributed by atoms with E-state index >= 15 is 0 Å². The lowest BCUT2D eigenvalue weighted by Crippen LogP contribution is -2.30. The van der Waals surface area contributed by atoms with Crippen LogP contribution in [0.4, 0.5) is 11.4 Å². The van der Waals surface area contributed by atoms with Gasteiger partial charge in [-0.1, -0.05) is 37.6 Å². The van der Waals surface area contributed by atoms with Gasteiger partial charge in [0.05, 0.1) is 16.1 Å². The van der Waals surface area contributed by atoms with Gasteiger partial charge >= 0.3 is 0 Å². The fraction of sp³-hybridized carbons (Fsp3) is 0.364. The molecule has 28 heavy (non-hydrogen) atoms. The van der Waals surface area contributed by atoms with E-state index in [-0.39, 0.29) is 11.8 Å². The Morgan fingerprint density at radius 1 is 1.04 bits per heavy atom. The molecule has 0 atom stereocenters. The van der Waals surface area contributed by atoms with Gasteiger partial charge < -0.3 is 15.5 Å². The second kappa shape index (κ2) is 9.11. The Hall–Kier alpha value is -2.53. The molecule has 2 aromatic rings. The highest BCUT2D eigenvalue weighted by molar-refractivity contribution is 6.34. The van der Waals surface area contributed by atoms with Crippen molar-refractivity contribution < 1.29 is 9.59 Å². The molecule has 1 heterocycles. The van der Waals surface area contributed by atoms with Crippen molar-refractivity contribution in [3.8, 4) is 0 Å². The van der Waals surface area contributed by atoms with E-state index in [9.17, 15) is 9.59 Å². The Labute approximate surface area is 171 Å². The largest absolute Gasteiger partial charge is 0.371 e. The van der Waals surface area contributed by atoms with Crippen LogP contribution >= 0.6 is 11.6 Å². The molecule has 0 spiro atoms. The number of rotatable bonds is 6. The van der Waals surface area contributed by atoms with Gasteiger partial charge in [-0.3, -0.25) is 9.59 Å². The number of halogens is 1. The topological polar surface area (TPSA) is 61.4 Å². The third-order valence-electron chi connectivity index (χ3n) is 4.74. The molecule has 0 aliphatic carbocycles. The van der Waals surface area contributed by atoms with E-state index in [0.717, 1.165) is 31.6 Å². The van der Waals surface area contributed by atoms with Crippen LogP contribution in [0.15, 0.2) is 42.5 Å². The highest BCUT2D eigenvalue weighted by atomic mass is 35.5. The maximum absolute atomic E-state index is 12.8. The average Bonchev–Trinajstić information content (AvgIpc) is 3.21. The van der Waals surface area contributed by atoms with Gasteiger partial charge in [0.25, 0.3) is 11.8 Å². The molecule has 2 N–H and O–H groups in total. The van der Waals surface area contributed by atoms with Gasteiger partial charge in [0.1, 0.15) is 0 Å². The lowest BCUT2D eigenvalue weighted by Gasteiger charge is -2.22. The van der Waals surface area contributed by atoms with Crippen molar-refractivity contribution in [2.45, 2.75) is 26.7 Å². The number of carbonyl (C=O) groups is 2. The Kier molecular flexibility index (Phi) is 6.57. The van der Waals surface area contributed by atoms with Crippen molar-refractivity contribution >= 4 is 34.8 Å². The summed E-state index contributed by atoms with van der Waals surface area (Å²) < 4.78 is 0. The molecule has 0 aromatic heterocycles. The number of anilines is 2. The molecule has 6 heteroatoms. The summed E-state index contributed by atoms with van der Waals surface area (Å²) in [6, 6.07) is 12.4. The zero-order valence-electron chi connectivity index (χ0n) is 16.3. The van der Waals surface area contributed by atoms with E-state index in [1.54, 1.807) is 30.3 Å². The number of nitrogens with one attached hydrogen (secondary N) is 2. The third-order valence-corrected chi connectivity index (χ3v) is 5.06. The van der Waals surface area contributed by atoms with Gasteiger partial charge in [0, 0.05) is 31.0 Å². The summed E-state index contributed by atoms with van der Waals surface area (Å²) in [6.45, 7) is 6.60. The monoisotopic (exact) mass is 399 g/mol. The molecule has 1 saturated heterocycles. The molecule has 5 nitrogen and oxygen atoms in total. The molecule has 0 unspecified atom stereocenters. The molecule has 1 aliphatic heterocycles. The minimum absolute atomic E-state index is 0.121. The van der Waals surface area contributed by atoms with Crippen LogP contribution in [0, 0.1) is 5.92 Å². The van der Waals surface area contributed by atoms with Crippen molar-refractivity contribution in [2.75, 3.05) is 29.9 Å². The Morgan fingerprint density at radius 2 is 1.75 bits per heavy atom. The highest BCUT2D eigenvalue weighted by Gasteiger charge is 2.21. The van der Waals surface area contributed by atoms with E-state index in [1.807, 2.05) is 12.1 Å². The normalized spacial score (nSPS) is 13.6. The number of benzene rings is 2. The minimum atomic E-state index is -0.298. The van der Waals surface area contributed by atoms with E-state index in [0.29, 0.717) is 34.3 Å². The van der Waals surface area contributed by atoms with Crippen LogP contribution in [0.2, 0.25) is 5.02 Å². The Morgan fingerprint density at radius 3 is 2.43 bits per heavy atom. The van der Waals surface area contributed by atoms with Crippen molar-refractivity contribution in [2.24, 2.45) is 5.92 Å². The maximum atomic E-state index is 12.8. The number of carbonyl (C=O) groups excluding carboxylic acids is 2. The van der Waals surface area contributed by atoms with Gasteiger partial charge in [-0.2, -0.15) is 0 Å². The van der Waals surface area contributed by atoms with E-state index < -0.39 is 0 Å². The molecular formula is C22H26ClN3O2. The van der Waals surface area contributed by atoms with Crippen LogP contribution in [0.5, 0.6) is 0 Å². The quantitative estimate of drug-likeness (QED) is 0.747. The van der Waals surface area contributed by atoms with Crippen LogP contribution in [0.3, 0.4) is 0 Å². The standard InChI is InChI=1S/C22H26ClN3O2/c1-15(2)14-24-21(27)18-13-16(9-10-20(18)26-11-5-6-12-26)25-22(28)17-7-3-4-8-19(17)23/h3-4,7-10,13,15H,5-6,11-12,14H2,1-2H3,(H,24,27)(H,25,28). The summed E-state index contributed by atoms with van der Waals surface area (Å²) in [4.78, 5) is 27.6. The van der Waals surface area contributed by atoms with Crippen LogP contribution in [0.1, 0.15) is 47.4 Å². The SMILES string of the molecule is CC(C)CNC(=O)c1cc(NC(=O)c2ccccc2Cl)ccc1N1CCCC1. The molecule has 3 rings (SSSR count). The lowest BCUT2D eigenvalue weighted by atomic mass is 10.1. The average molecular weight is 400 g/mol. The second-order valence-electron chi connectivity index (χ2n) is 7.46. The second-order valence-corrected chi connectivity index (χ2v) is 7.87. The first-order chi connectivity index (χ1) is 13.5. The summed E-state index contributed by atoms with van der Waals surface area (Å²) in [5, 5.41) is 6.23. The first-order valence-electron chi connectivity index (χ1n) is 9.69. The smallest absolute Gasteiger partial charge is 0.257 e. The van der Waals surface area contributed by atoms with Crippen molar-refractivity contribution in [1.29, 1.82) is 0 Å². The zero-order valence-corrected chi connectivity index (χ0v) is 17.1. The summed E-state index contributed by atoms with van der Waals surface area (Å²) in [5.74, 6) is -0.0557. The molecule has 2 aromatic carbocycles. The molecule has 148 valence electrons. The number of hydrogen-bond donors (Lipinski definition) is 2. The van der Waals surface area contributed by atoms with Crippen molar-refractivity contribution in [3.05, 3.63) is 58.6 Å². The molecular weight excluding hydrogens is 374 g/mol. The van der Waals surface area contributed by atoms with Gasteiger partial charge in [-0.05, 0) is 49.1 Å². The first kappa shape index (κ1) is 20.2. The highest BCUT2D eigenvalue weighted by Crippen LogP contribution is 2.28. The summed E-state index contributed by atoms with van der Waals surface area (Å²) >= 11 is 6.12. The van der Waals surface area contributed by atoms with Crippen LogP contribution in [-0.2, 0) is 0 Å².